The van der Waals surface area contributed by atoms with Gasteiger partial charge in [-0.05, 0) is 36.8 Å². The van der Waals surface area contributed by atoms with Crippen LogP contribution in [0.5, 0.6) is 0 Å². The molecular weight excluding hydrogens is 300 g/mol. The molecule has 22 heavy (non-hydrogen) atoms. The highest BCUT2D eigenvalue weighted by Gasteiger charge is 2.30. The van der Waals surface area contributed by atoms with Crippen LogP contribution < -0.4 is 0 Å². The van der Waals surface area contributed by atoms with Crippen molar-refractivity contribution in [3.05, 3.63) is 30.1 Å². The molecule has 0 bridgehead atoms. The summed E-state index contributed by atoms with van der Waals surface area (Å²) in [6.45, 7) is 4.82. The SMILES string of the molecule is CC(C)[C@H](c1cccnc1)N(C)S(=O)(=O)CC[C@@H]1CCCO1. The molecule has 0 radical (unpaired) electrons. The van der Waals surface area contributed by atoms with Crippen molar-refractivity contribution in [2.24, 2.45) is 5.92 Å². The fourth-order valence-corrected chi connectivity index (χ4v) is 4.59. The lowest BCUT2D eigenvalue weighted by Crippen LogP contribution is -2.36. The zero-order valence-electron chi connectivity index (χ0n) is 13.6. The summed E-state index contributed by atoms with van der Waals surface area (Å²) < 4.78 is 32.3. The van der Waals surface area contributed by atoms with Crippen LogP contribution in [0.25, 0.3) is 0 Å². The van der Waals surface area contributed by atoms with Gasteiger partial charge < -0.3 is 4.74 Å². The minimum Gasteiger partial charge on any atom is -0.378 e. The Morgan fingerprint density at radius 3 is 2.77 bits per heavy atom. The number of hydrogen-bond acceptors (Lipinski definition) is 4. The highest BCUT2D eigenvalue weighted by atomic mass is 32.2. The van der Waals surface area contributed by atoms with Crippen LogP contribution in [0.15, 0.2) is 24.5 Å². The normalized spacial score (nSPS) is 20.7. The summed E-state index contributed by atoms with van der Waals surface area (Å²) in [7, 11) is -1.65. The molecule has 0 N–H and O–H groups in total. The molecule has 2 atom stereocenters. The van der Waals surface area contributed by atoms with Gasteiger partial charge in [0.25, 0.3) is 0 Å². The summed E-state index contributed by atoms with van der Waals surface area (Å²) in [6, 6.07) is 3.59. The Kier molecular flexibility index (Phi) is 5.94. The lowest BCUT2D eigenvalue weighted by Gasteiger charge is -2.31. The average Bonchev–Trinajstić information content (AvgIpc) is 2.99. The second kappa shape index (κ2) is 7.53. The molecule has 0 unspecified atom stereocenters. The highest BCUT2D eigenvalue weighted by Crippen LogP contribution is 2.29. The third-order valence-corrected chi connectivity index (χ3v) is 6.07. The van der Waals surface area contributed by atoms with E-state index in [1.165, 1.54) is 4.31 Å². The maximum absolute atomic E-state index is 12.7. The molecule has 5 nitrogen and oxygen atoms in total. The van der Waals surface area contributed by atoms with Crippen LogP contribution in [0.3, 0.4) is 0 Å². The van der Waals surface area contributed by atoms with Gasteiger partial charge in [-0.3, -0.25) is 4.98 Å². The van der Waals surface area contributed by atoms with Crippen LogP contribution >= 0.6 is 0 Å². The van der Waals surface area contributed by atoms with Crippen molar-refractivity contribution >= 4 is 10.0 Å². The first-order valence-electron chi connectivity index (χ1n) is 7.89. The molecule has 1 aromatic rings. The minimum atomic E-state index is -3.31. The van der Waals surface area contributed by atoms with Gasteiger partial charge in [0.1, 0.15) is 0 Å². The van der Waals surface area contributed by atoms with Crippen LogP contribution in [0, 0.1) is 5.92 Å². The van der Waals surface area contributed by atoms with E-state index in [0.29, 0.717) is 6.42 Å². The van der Waals surface area contributed by atoms with Crippen molar-refractivity contribution < 1.29 is 13.2 Å². The zero-order valence-corrected chi connectivity index (χ0v) is 14.4. The van der Waals surface area contributed by atoms with Crippen LogP contribution in [-0.2, 0) is 14.8 Å². The van der Waals surface area contributed by atoms with Gasteiger partial charge >= 0.3 is 0 Å². The second-order valence-electron chi connectivity index (χ2n) is 6.23. The summed E-state index contributed by atoms with van der Waals surface area (Å²) in [5, 5.41) is 0. The number of rotatable bonds is 7. The third kappa shape index (κ3) is 4.27. The molecule has 0 saturated carbocycles. The zero-order chi connectivity index (χ0) is 16.2. The Balaban J connectivity index is 2.09. The first kappa shape index (κ1) is 17.4. The number of aromatic nitrogens is 1. The maximum atomic E-state index is 12.7. The Bertz CT molecular complexity index is 554. The van der Waals surface area contributed by atoms with E-state index < -0.39 is 10.0 Å². The molecule has 6 heteroatoms. The molecule has 0 aromatic carbocycles. The molecule has 1 saturated heterocycles. The lowest BCUT2D eigenvalue weighted by molar-refractivity contribution is 0.108. The van der Waals surface area contributed by atoms with E-state index in [4.69, 9.17) is 4.74 Å². The summed E-state index contributed by atoms with van der Waals surface area (Å²) in [5.41, 5.74) is 0.931. The molecule has 0 amide bonds. The van der Waals surface area contributed by atoms with Crippen molar-refractivity contribution in [2.75, 3.05) is 19.4 Å². The fourth-order valence-electron chi connectivity index (χ4n) is 3.04. The Labute approximate surface area is 133 Å². The number of pyridine rings is 1. The predicted octanol–water partition coefficient (Wildman–Crippen LogP) is 2.61. The van der Waals surface area contributed by atoms with Crippen molar-refractivity contribution in [2.45, 2.75) is 45.3 Å². The molecule has 0 aliphatic carbocycles. The van der Waals surface area contributed by atoms with E-state index in [1.54, 1.807) is 19.4 Å². The quantitative estimate of drug-likeness (QED) is 0.773. The molecule has 2 rings (SSSR count). The lowest BCUT2D eigenvalue weighted by atomic mass is 9.98. The smallest absolute Gasteiger partial charge is 0.214 e. The fraction of sp³-hybridized carbons (Fsp3) is 0.688. The molecular formula is C16H26N2O3S. The van der Waals surface area contributed by atoms with Gasteiger partial charge in [-0.15, -0.1) is 0 Å². The van der Waals surface area contributed by atoms with Crippen LogP contribution in [-0.4, -0.2) is 43.2 Å². The summed E-state index contributed by atoms with van der Waals surface area (Å²) >= 11 is 0. The predicted molar refractivity (Wildman–Crippen MR) is 87.0 cm³/mol. The summed E-state index contributed by atoms with van der Waals surface area (Å²) in [6.07, 6.45) is 6.12. The maximum Gasteiger partial charge on any atom is 0.214 e. The molecule has 1 aliphatic rings. The van der Waals surface area contributed by atoms with E-state index >= 15 is 0 Å². The van der Waals surface area contributed by atoms with Crippen molar-refractivity contribution in [1.29, 1.82) is 0 Å². The molecule has 0 spiro atoms. The van der Waals surface area contributed by atoms with Crippen molar-refractivity contribution in [3.8, 4) is 0 Å². The van der Waals surface area contributed by atoms with Crippen LogP contribution in [0.2, 0.25) is 0 Å². The van der Waals surface area contributed by atoms with Gasteiger partial charge in [-0.25, -0.2) is 8.42 Å². The number of ether oxygens (including phenoxy) is 1. The third-order valence-electron chi connectivity index (χ3n) is 4.21. The Morgan fingerprint density at radius 2 is 2.23 bits per heavy atom. The van der Waals surface area contributed by atoms with Gasteiger partial charge in [0.2, 0.25) is 10.0 Å². The number of hydrogen-bond donors (Lipinski definition) is 0. The molecule has 2 heterocycles. The van der Waals surface area contributed by atoms with E-state index in [-0.39, 0.29) is 23.8 Å². The van der Waals surface area contributed by atoms with E-state index in [2.05, 4.69) is 4.98 Å². The van der Waals surface area contributed by atoms with Gasteiger partial charge in [0.05, 0.1) is 17.9 Å². The monoisotopic (exact) mass is 326 g/mol. The van der Waals surface area contributed by atoms with Crippen LogP contribution in [0.4, 0.5) is 0 Å². The van der Waals surface area contributed by atoms with Gasteiger partial charge in [0, 0.05) is 26.0 Å². The van der Waals surface area contributed by atoms with Gasteiger partial charge in [-0.1, -0.05) is 19.9 Å². The molecule has 1 aromatic heterocycles. The number of nitrogens with zero attached hydrogens (tertiary/aromatic N) is 2. The Morgan fingerprint density at radius 1 is 1.45 bits per heavy atom. The standard InChI is InChI=1S/C16H26N2O3S/c1-13(2)16(14-6-4-9-17-12-14)18(3)22(19,20)11-8-15-7-5-10-21-15/h4,6,9,12-13,15-16H,5,7-8,10-11H2,1-3H3/t15-,16+/m0/s1. The minimum absolute atomic E-state index is 0.0964. The largest absolute Gasteiger partial charge is 0.378 e. The van der Waals surface area contributed by atoms with E-state index in [1.807, 2.05) is 26.0 Å². The summed E-state index contributed by atoms with van der Waals surface area (Å²) in [4.78, 5) is 4.12. The van der Waals surface area contributed by atoms with Gasteiger partial charge in [0.15, 0.2) is 0 Å². The van der Waals surface area contributed by atoms with Crippen molar-refractivity contribution in [1.82, 2.24) is 9.29 Å². The van der Waals surface area contributed by atoms with Crippen LogP contribution in [0.1, 0.15) is 44.7 Å². The molecule has 1 fully saturated rings. The van der Waals surface area contributed by atoms with E-state index in [0.717, 1.165) is 25.0 Å². The van der Waals surface area contributed by atoms with E-state index in [9.17, 15) is 8.42 Å². The average molecular weight is 326 g/mol. The number of sulfonamides is 1. The van der Waals surface area contributed by atoms with Crippen molar-refractivity contribution in [3.63, 3.8) is 0 Å². The Hall–Kier alpha value is -0.980. The topological polar surface area (TPSA) is 59.5 Å². The summed E-state index contributed by atoms with van der Waals surface area (Å²) in [5.74, 6) is 0.309. The molecule has 1 aliphatic heterocycles. The second-order valence-corrected chi connectivity index (χ2v) is 8.38. The first-order valence-corrected chi connectivity index (χ1v) is 9.50. The molecule has 124 valence electrons. The first-order chi connectivity index (χ1) is 10.4. The van der Waals surface area contributed by atoms with Gasteiger partial charge in [-0.2, -0.15) is 4.31 Å². The highest BCUT2D eigenvalue weighted by molar-refractivity contribution is 7.89.